The Morgan fingerprint density at radius 1 is 0.727 bits per heavy atom. The lowest BCUT2D eigenvalue weighted by Crippen LogP contribution is -2.26. The number of rotatable bonds is 6. The molecule has 0 aliphatic rings. The van der Waals surface area contributed by atoms with Crippen LogP contribution in [0.4, 0.5) is 9.59 Å². The summed E-state index contributed by atoms with van der Waals surface area (Å²) >= 11 is 2.45. The van der Waals surface area contributed by atoms with Gasteiger partial charge in [-0.05, 0) is 75.5 Å². The van der Waals surface area contributed by atoms with Gasteiger partial charge in [0.1, 0.15) is 0 Å². The van der Waals surface area contributed by atoms with E-state index in [0.717, 1.165) is 9.79 Å². The Kier molecular flexibility index (Phi) is 8.42. The molecule has 0 bridgehead atoms. The van der Waals surface area contributed by atoms with Gasteiger partial charge in [-0.1, -0.05) is 0 Å². The summed E-state index contributed by atoms with van der Waals surface area (Å²) in [6.45, 7) is 10.8. The molecule has 0 aliphatic heterocycles. The van der Waals surface area contributed by atoms with Crippen molar-refractivity contribution in [1.82, 2.24) is 9.80 Å². The van der Waals surface area contributed by atoms with Crippen molar-refractivity contribution < 1.29 is 9.59 Å². The number of nitrogens with zero attached hydrogens (tertiary/aromatic N) is 2. The van der Waals surface area contributed by atoms with Gasteiger partial charge in [0.15, 0.2) is 0 Å². The van der Waals surface area contributed by atoms with Crippen LogP contribution in [0.5, 0.6) is 0 Å². The van der Waals surface area contributed by atoms with Crippen molar-refractivity contribution >= 4 is 34.0 Å². The molecule has 0 heterocycles. The molecule has 0 saturated carbocycles. The molecule has 6 heteroatoms. The minimum Gasteiger partial charge on any atom is -0.334 e. The van der Waals surface area contributed by atoms with Gasteiger partial charge in [0.2, 0.25) is 0 Å². The lowest BCUT2D eigenvalue weighted by atomic mass is 10.4. The molecule has 22 heavy (non-hydrogen) atoms. The molecule has 1 aromatic carbocycles. The molecule has 1 rings (SSSR count). The van der Waals surface area contributed by atoms with E-state index >= 15 is 0 Å². The second-order valence-electron chi connectivity index (χ2n) is 4.55. The summed E-state index contributed by atoms with van der Waals surface area (Å²) in [6.07, 6.45) is 0. The molecule has 0 N–H and O–H groups in total. The predicted molar refractivity (Wildman–Crippen MR) is 94.8 cm³/mol. The van der Waals surface area contributed by atoms with Crippen LogP contribution in [0.25, 0.3) is 0 Å². The third-order valence-corrected chi connectivity index (χ3v) is 5.16. The number of hydrogen-bond donors (Lipinski definition) is 0. The highest BCUT2D eigenvalue weighted by Crippen LogP contribution is 2.26. The minimum atomic E-state index is 0.0598. The maximum absolute atomic E-state index is 12.0. The molecule has 4 nitrogen and oxygen atoms in total. The van der Waals surface area contributed by atoms with E-state index in [1.807, 2.05) is 52.0 Å². The summed E-state index contributed by atoms with van der Waals surface area (Å²) in [6, 6.07) is 7.57. The normalized spacial score (nSPS) is 10.4. The number of hydrogen-bond acceptors (Lipinski definition) is 4. The first-order chi connectivity index (χ1) is 10.5. The van der Waals surface area contributed by atoms with Gasteiger partial charge in [-0.2, -0.15) is 0 Å². The minimum absolute atomic E-state index is 0.0598. The Hall–Kier alpha value is -1.14. The van der Waals surface area contributed by atoms with Gasteiger partial charge in [-0.25, -0.2) is 0 Å². The van der Waals surface area contributed by atoms with E-state index in [2.05, 4.69) is 0 Å². The highest BCUT2D eigenvalue weighted by Gasteiger charge is 2.13. The first kappa shape index (κ1) is 18.9. The maximum Gasteiger partial charge on any atom is 0.286 e. The van der Waals surface area contributed by atoms with Gasteiger partial charge in [0, 0.05) is 36.0 Å². The van der Waals surface area contributed by atoms with E-state index in [-0.39, 0.29) is 10.5 Å². The zero-order valence-electron chi connectivity index (χ0n) is 13.7. The smallest absolute Gasteiger partial charge is 0.286 e. The molecular weight excluding hydrogens is 316 g/mol. The molecule has 122 valence electrons. The van der Waals surface area contributed by atoms with E-state index < -0.39 is 0 Å². The fourth-order valence-corrected chi connectivity index (χ4v) is 3.59. The third kappa shape index (κ3) is 5.57. The number of amides is 2. The zero-order chi connectivity index (χ0) is 16.5. The summed E-state index contributed by atoms with van der Waals surface area (Å²) in [4.78, 5) is 29.4. The molecular formula is C16H24N2O2S2. The van der Waals surface area contributed by atoms with Crippen molar-refractivity contribution in [3.63, 3.8) is 0 Å². The van der Waals surface area contributed by atoms with Crippen LogP contribution in [0.2, 0.25) is 0 Å². The molecule has 2 amide bonds. The Balaban J connectivity index is 2.63. The van der Waals surface area contributed by atoms with Crippen LogP contribution in [0.1, 0.15) is 27.7 Å². The van der Waals surface area contributed by atoms with E-state index in [4.69, 9.17) is 0 Å². The van der Waals surface area contributed by atoms with Crippen molar-refractivity contribution in [2.45, 2.75) is 37.5 Å². The highest BCUT2D eigenvalue weighted by molar-refractivity contribution is 8.14. The number of thioether (sulfide) groups is 2. The lowest BCUT2D eigenvalue weighted by Gasteiger charge is -2.18. The Morgan fingerprint density at radius 2 is 1.00 bits per heavy atom. The van der Waals surface area contributed by atoms with Gasteiger partial charge >= 0.3 is 0 Å². The largest absolute Gasteiger partial charge is 0.334 e. The summed E-state index contributed by atoms with van der Waals surface area (Å²) in [5.74, 6) is 0. The first-order valence-corrected chi connectivity index (χ1v) is 9.22. The van der Waals surface area contributed by atoms with E-state index in [1.54, 1.807) is 9.80 Å². The molecule has 0 atom stereocenters. The topological polar surface area (TPSA) is 40.6 Å². The molecule has 0 spiro atoms. The van der Waals surface area contributed by atoms with Crippen molar-refractivity contribution in [2.24, 2.45) is 0 Å². The van der Waals surface area contributed by atoms with Crippen LogP contribution in [0.15, 0.2) is 34.1 Å². The lowest BCUT2D eigenvalue weighted by molar-refractivity contribution is 0.227. The number of benzene rings is 1. The zero-order valence-corrected chi connectivity index (χ0v) is 15.3. The van der Waals surface area contributed by atoms with Crippen molar-refractivity contribution in [1.29, 1.82) is 0 Å². The average molecular weight is 341 g/mol. The average Bonchev–Trinajstić information content (AvgIpc) is 2.51. The Bertz CT molecular complexity index is 438. The van der Waals surface area contributed by atoms with E-state index in [0.29, 0.717) is 26.2 Å². The molecule has 0 saturated heterocycles. The molecule has 0 aliphatic carbocycles. The van der Waals surface area contributed by atoms with Crippen molar-refractivity contribution in [3.8, 4) is 0 Å². The first-order valence-electron chi connectivity index (χ1n) is 7.59. The van der Waals surface area contributed by atoms with Gasteiger partial charge in [-0.3, -0.25) is 9.59 Å². The maximum atomic E-state index is 12.0. The standard InChI is InChI=1S/C16H24N2O2S2/c1-5-17(6-2)15(19)21-13-9-11-14(12-10-13)22-16(20)18(7-3)8-4/h9-12H,5-8H2,1-4H3. The fourth-order valence-electron chi connectivity index (χ4n) is 1.87. The van der Waals surface area contributed by atoms with Crippen LogP contribution in [0.3, 0.4) is 0 Å². The van der Waals surface area contributed by atoms with Crippen LogP contribution >= 0.6 is 23.5 Å². The van der Waals surface area contributed by atoms with Crippen molar-refractivity contribution in [3.05, 3.63) is 24.3 Å². The van der Waals surface area contributed by atoms with Crippen LogP contribution in [-0.4, -0.2) is 46.5 Å². The fraction of sp³-hybridized carbons (Fsp3) is 0.500. The summed E-state index contributed by atoms with van der Waals surface area (Å²) < 4.78 is 0. The monoisotopic (exact) mass is 340 g/mol. The molecule has 1 aromatic rings. The summed E-state index contributed by atoms with van der Waals surface area (Å²) in [7, 11) is 0. The van der Waals surface area contributed by atoms with Crippen LogP contribution in [-0.2, 0) is 0 Å². The molecule has 0 radical (unpaired) electrons. The second-order valence-corrected chi connectivity index (χ2v) is 6.60. The quantitative estimate of drug-likeness (QED) is 0.698. The molecule has 0 unspecified atom stereocenters. The SMILES string of the molecule is CCN(CC)C(=O)Sc1ccc(SC(=O)N(CC)CC)cc1. The Labute approximate surface area is 141 Å². The van der Waals surface area contributed by atoms with E-state index in [1.165, 1.54) is 23.5 Å². The van der Waals surface area contributed by atoms with Gasteiger partial charge in [0.25, 0.3) is 10.5 Å². The molecule has 0 fully saturated rings. The van der Waals surface area contributed by atoms with Gasteiger partial charge in [0.05, 0.1) is 0 Å². The molecule has 0 aromatic heterocycles. The third-order valence-electron chi connectivity index (χ3n) is 3.28. The Morgan fingerprint density at radius 3 is 1.23 bits per heavy atom. The van der Waals surface area contributed by atoms with Crippen molar-refractivity contribution in [2.75, 3.05) is 26.2 Å². The second kappa shape index (κ2) is 9.79. The van der Waals surface area contributed by atoms with E-state index in [9.17, 15) is 9.59 Å². The summed E-state index contributed by atoms with van der Waals surface area (Å²) in [5, 5.41) is 0.120. The van der Waals surface area contributed by atoms with Crippen LogP contribution in [0, 0.1) is 0 Å². The number of carbonyl (C=O) groups is 2. The van der Waals surface area contributed by atoms with Crippen LogP contribution < -0.4 is 0 Å². The van der Waals surface area contributed by atoms with Gasteiger partial charge < -0.3 is 9.80 Å². The highest BCUT2D eigenvalue weighted by atomic mass is 32.2. The predicted octanol–water partition coefficient (Wildman–Crippen LogP) is 4.79. The summed E-state index contributed by atoms with van der Waals surface area (Å²) in [5.41, 5.74) is 0. The van der Waals surface area contributed by atoms with Gasteiger partial charge in [-0.15, -0.1) is 0 Å². The number of carbonyl (C=O) groups excluding carboxylic acids is 2.